The average molecular weight is 280 g/mol. The molecule has 1 aliphatic rings. The van der Waals surface area contributed by atoms with Gasteiger partial charge in [-0.15, -0.1) is 0 Å². The molecule has 0 aromatic heterocycles. The minimum absolute atomic E-state index is 0.119. The van der Waals surface area contributed by atoms with Crippen LogP contribution in [0.3, 0.4) is 0 Å². The number of nitrogens with one attached hydrogen (secondary N) is 1. The van der Waals surface area contributed by atoms with Gasteiger partial charge in [-0.1, -0.05) is 0 Å². The van der Waals surface area contributed by atoms with Gasteiger partial charge in [-0.05, 0) is 25.1 Å². The number of aliphatic hydroxyl groups is 1. The lowest BCUT2D eigenvalue weighted by Gasteiger charge is -2.34. The van der Waals surface area contributed by atoms with Crippen LogP contribution < -0.4 is 5.43 Å². The number of rotatable bonds is 4. The molecule has 0 amide bonds. The van der Waals surface area contributed by atoms with Crippen molar-refractivity contribution in [3.8, 4) is 6.07 Å². The van der Waals surface area contributed by atoms with Crippen molar-refractivity contribution in [3.63, 3.8) is 0 Å². The maximum absolute atomic E-state index is 13.9. The van der Waals surface area contributed by atoms with E-state index in [0.717, 1.165) is 18.2 Å². The molecule has 1 aliphatic heterocycles. The van der Waals surface area contributed by atoms with E-state index in [2.05, 4.69) is 10.4 Å². The van der Waals surface area contributed by atoms with Gasteiger partial charge in [0.2, 0.25) is 0 Å². The molecule has 106 valence electrons. The Morgan fingerprint density at radius 1 is 1.60 bits per heavy atom. The molecule has 20 heavy (non-hydrogen) atoms. The highest BCUT2D eigenvalue weighted by Gasteiger charge is 2.40. The summed E-state index contributed by atoms with van der Waals surface area (Å²) in [5.74, 6) is -2.37. The summed E-state index contributed by atoms with van der Waals surface area (Å²) in [4.78, 5) is 3.90. The molecule has 2 rings (SSSR count). The van der Waals surface area contributed by atoms with Crippen molar-refractivity contribution in [2.24, 2.45) is 10.9 Å². The summed E-state index contributed by atoms with van der Waals surface area (Å²) in [5, 5.41) is 21.3. The summed E-state index contributed by atoms with van der Waals surface area (Å²) in [7, 11) is 0. The van der Waals surface area contributed by atoms with E-state index in [0.29, 0.717) is 6.67 Å². The summed E-state index contributed by atoms with van der Waals surface area (Å²) in [6, 6.07) is 4.70. The average Bonchev–Trinajstić information content (AvgIpc) is 2.93. The van der Waals surface area contributed by atoms with E-state index in [1.807, 2.05) is 6.07 Å². The van der Waals surface area contributed by atoms with Crippen molar-refractivity contribution in [2.75, 3.05) is 13.2 Å². The van der Waals surface area contributed by atoms with Gasteiger partial charge in [0.1, 0.15) is 30.2 Å². The summed E-state index contributed by atoms with van der Waals surface area (Å²) in [6.45, 7) is 1.67. The van der Waals surface area contributed by atoms with Gasteiger partial charge in [0.05, 0.1) is 18.5 Å². The minimum Gasteiger partial charge on any atom is -0.382 e. The van der Waals surface area contributed by atoms with Crippen LogP contribution >= 0.6 is 0 Å². The monoisotopic (exact) mass is 280 g/mol. The lowest BCUT2D eigenvalue weighted by molar-refractivity contribution is -0.0231. The quantitative estimate of drug-likeness (QED) is 0.867. The van der Waals surface area contributed by atoms with Crippen LogP contribution in [0.25, 0.3) is 0 Å². The maximum Gasteiger partial charge on any atom is 0.129 e. The number of hydrogen-bond donors (Lipinski definition) is 2. The molecule has 1 heterocycles. The molecule has 0 saturated carbocycles. The number of aliphatic imine (C=N–C) groups is 1. The fourth-order valence-corrected chi connectivity index (χ4v) is 2.06. The van der Waals surface area contributed by atoms with Crippen molar-refractivity contribution < 1.29 is 13.9 Å². The van der Waals surface area contributed by atoms with E-state index in [-0.39, 0.29) is 12.1 Å². The van der Waals surface area contributed by atoms with Crippen LogP contribution in [0.4, 0.5) is 8.78 Å². The third kappa shape index (κ3) is 2.61. The first-order chi connectivity index (χ1) is 9.47. The van der Waals surface area contributed by atoms with Crippen LogP contribution in [0.15, 0.2) is 23.2 Å². The number of hydrazine groups is 1. The van der Waals surface area contributed by atoms with E-state index >= 15 is 0 Å². The van der Waals surface area contributed by atoms with Gasteiger partial charge in [0.15, 0.2) is 0 Å². The predicted molar refractivity (Wildman–Crippen MR) is 68.2 cm³/mol. The van der Waals surface area contributed by atoms with E-state index < -0.39 is 23.2 Å². The van der Waals surface area contributed by atoms with Crippen LogP contribution in [0, 0.1) is 28.9 Å². The van der Waals surface area contributed by atoms with Gasteiger partial charge >= 0.3 is 0 Å². The van der Waals surface area contributed by atoms with Crippen molar-refractivity contribution in [2.45, 2.75) is 12.5 Å². The third-order valence-electron chi connectivity index (χ3n) is 3.30. The Bertz CT molecular complexity index is 572. The number of nitriles is 1. The lowest BCUT2D eigenvalue weighted by atomic mass is 9.82. The summed E-state index contributed by atoms with van der Waals surface area (Å²) >= 11 is 0. The molecule has 0 radical (unpaired) electrons. The number of nitrogens with zero attached hydrogens (tertiary/aromatic N) is 3. The molecular formula is C13H14F2N4O. The summed E-state index contributed by atoms with van der Waals surface area (Å²) < 4.78 is 27.3. The second kappa shape index (κ2) is 5.53. The smallest absolute Gasteiger partial charge is 0.129 e. The number of β-amino-alcohol motifs (C(OH)–C–C–N with tert-alkyl or cyclic N) is 1. The Kier molecular flexibility index (Phi) is 3.97. The van der Waals surface area contributed by atoms with Crippen molar-refractivity contribution in [3.05, 3.63) is 35.4 Å². The number of hydrogen-bond acceptors (Lipinski definition) is 5. The van der Waals surface area contributed by atoms with Gasteiger partial charge in [-0.2, -0.15) is 5.26 Å². The first kappa shape index (κ1) is 14.4. The number of halogens is 2. The van der Waals surface area contributed by atoms with Crippen molar-refractivity contribution in [1.82, 2.24) is 10.4 Å². The highest BCUT2D eigenvalue weighted by molar-refractivity contribution is 5.56. The van der Waals surface area contributed by atoms with E-state index in [4.69, 9.17) is 5.26 Å². The molecule has 2 N–H and O–H groups in total. The molecule has 5 nitrogen and oxygen atoms in total. The molecule has 7 heteroatoms. The van der Waals surface area contributed by atoms with Crippen molar-refractivity contribution >= 4 is 6.34 Å². The number of benzene rings is 1. The second-order valence-corrected chi connectivity index (χ2v) is 4.64. The third-order valence-corrected chi connectivity index (χ3v) is 3.30. The SMILES string of the molecule is CC(C#N)C(O)(CN1C=NCN1)c1cc(F)ccc1F. The molecule has 2 atom stereocenters. The van der Waals surface area contributed by atoms with Gasteiger partial charge in [-0.25, -0.2) is 14.2 Å². The van der Waals surface area contributed by atoms with Gasteiger partial charge in [-0.3, -0.25) is 10.0 Å². The zero-order valence-corrected chi connectivity index (χ0v) is 10.8. The maximum atomic E-state index is 13.9. The van der Waals surface area contributed by atoms with Crippen molar-refractivity contribution in [1.29, 1.82) is 5.26 Å². The van der Waals surface area contributed by atoms with Crippen LogP contribution in [-0.2, 0) is 5.60 Å². The Morgan fingerprint density at radius 2 is 2.35 bits per heavy atom. The Morgan fingerprint density at radius 3 is 2.95 bits per heavy atom. The van der Waals surface area contributed by atoms with E-state index in [1.165, 1.54) is 18.3 Å². The molecule has 0 saturated heterocycles. The van der Waals surface area contributed by atoms with Gasteiger partial charge in [0, 0.05) is 5.56 Å². The first-order valence-corrected chi connectivity index (χ1v) is 6.05. The Hall–Kier alpha value is -2.04. The standard InChI is InChI=1S/C13H14F2N4O/c1-9(5-16)13(20,6-19-8-17-7-18-19)11-4-10(14)2-3-12(11)15/h2-4,8-9,18,20H,6-7H2,1H3. The highest BCUT2D eigenvalue weighted by atomic mass is 19.1. The summed E-state index contributed by atoms with van der Waals surface area (Å²) in [6.07, 6.45) is 1.44. The Labute approximate surface area is 115 Å². The lowest BCUT2D eigenvalue weighted by Crippen LogP contribution is -2.48. The van der Waals surface area contributed by atoms with Gasteiger partial charge in [0.25, 0.3) is 0 Å². The summed E-state index contributed by atoms with van der Waals surface area (Å²) in [5.41, 5.74) is 0.722. The fourth-order valence-electron chi connectivity index (χ4n) is 2.06. The molecule has 0 fully saturated rings. The highest BCUT2D eigenvalue weighted by Crippen LogP contribution is 2.32. The van der Waals surface area contributed by atoms with Crippen LogP contribution in [0.1, 0.15) is 12.5 Å². The molecule has 1 aromatic carbocycles. The molecule has 0 bridgehead atoms. The molecule has 0 aliphatic carbocycles. The van der Waals surface area contributed by atoms with E-state index in [9.17, 15) is 13.9 Å². The molecular weight excluding hydrogens is 266 g/mol. The van der Waals surface area contributed by atoms with Crippen LogP contribution in [-0.4, -0.2) is 29.7 Å². The zero-order valence-electron chi connectivity index (χ0n) is 10.8. The topological polar surface area (TPSA) is 71.6 Å². The second-order valence-electron chi connectivity index (χ2n) is 4.64. The largest absolute Gasteiger partial charge is 0.382 e. The predicted octanol–water partition coefficient (Wildman–Crippen LogP) is 1.12. The molecule has 1 aromatic rings. The first-order valence-electron chi connectivity index (χ1n) is 6.05. The van der Waals surface area contributed by atoms with Crippen LogP contribution in [0.5, 0.6) is 0 Å². The zero-order chi connectivity index (χ0) is 14.8. The van der Waals surface area contributed by atoms with E-state index in [1.54, 1.807) is 0 Å². The Balaban J connectivity index is 2.42. The minimum atomic E-state index is -1.86. The molecule has 2 unspecified atom stereocenters. The van der Waals surface area contributed by atoms with Crippen LogP contribution in [0.2, 0.25) is 0 Å². The molecule has 0 spiro atoms. The fraction of sp³-hybridized carbons (Fsp3) is 0.385. The van der Waals surface area contributed by atoms with Gasteiger partial charge < -0.3 is 5.11 Å². The normalized spacial score (nSPS) is 18.6.